The second kappa shape index (κ2) is 8.38. The number of aliphatic imine (C=N–C) groups is 1. The fourth-order valence-corrected chi connectivity index (χ4v) is 5.12. The molecule has 4 aliphatic rings. The average molecular weight is 457 g/mol. The summed E-state index contributed by atoms with van der Waals surface area (Å²) in [5, 5.41) is 7.78. The monoisotopic (exact) mass is 456 g/mol. The van der Waals surface area contributed by atoms with Crippen molar-refractivity contribution in [1.29, 1.82) is 0 Å². The molecular formula is C26H28N6O2. The number of Topliss-reactive ketones (excluding diaryl/α,β-unsaturated/α-hetero) is 1. The quantitative estimate of drug-likeness (QED) is 0.670. The van der Waals surface area contributed by atoms with Crippen molar-refractivity contribution in [2.45, 2.75) is 32.0 Å². The second-order valence-electron chi connectivity index (χ2n) is 9.28. The van der Waals surface area contributed by atoms with Crippen LogP contribution in [0.4, 0.5) is 5.82 Å². The van der Waals surface area contributed by atoms with E-state index in [9.17, 15) is 4.79 Å². The minimum absolute atomic E-state index is 0.0638. The number of ether oxygens (including phenoxy) is 1. The lowest BCUT2D eigenvalue weighted by Crippen LogP contribution is -2.35. The van der Waals surface area contributed by atoms with E-state index in [0.717, 1.165) is 55.5 Å². The largest absolute Gasteiger partial charge is 0.383 e. The first-order chi connectivity index (χ1) is 16.5. The zero-order valence-corrected chi connectivity index (χ0v) is 19.2. The molecule has 2 atom stereocenters. The van der Waals surface area contributed by atoms with E-state index in [0.29, 0.717) is 17.8 Å². The smallest absolute Gasteiger partial charge is 0.194 e. The van der Waals surface area contributed by atoms with Gasteiger partial charge in [0.2, 0.25) is 0 Å². The standard InChI is InChI=1S/C26H28N6O2/c1-16-29-23-5-4-21(13-24(23)30-16)32-26(27)22(14-28-32)25(33)20-11-18-3-2-17(10-19(18)12-20)15-31-6-8-34-9-7-31/h2-5,10-11,13-14,23-24H,6-9,12,15,27H2,1H3,(H,29,30). The molecule has 34 heavy (non-hydrogen) atoms. The third-order valence-electron chi connectivity index (χ3n) is 6.92. The molecule has 2 aromatic rings. The Hall–Kier alpha value is -3.49. The summed E-state index contributed by atoms with van der Waals surface area (Å²) in [6.07, 6.45) is 10.2. The third-order valence-corrected chi connectivity index (χ3v) is 6.92. The number of amidine groups is 1. The molecule has 3 N–H and O–H groups in total. The van der Waals surface area contributed by atoms with Crippen molar-refractivity contribution in [3.05, 3.63) is 70.5 Å². The maximum Gasteiger partial charge on any atom is 0.194 e. The molecule has 2 unspecified atom stereocenters. The number of carbonyl (C=O) groups is 1. The molecule has 0 saturated carbocycles. The minimum Gasteiger partial charge on any atom is -0.383 e. The molecule has 3 heterocycles. The number of nitrogens with one attached hydrogen (secondary N) is 1. The van der Waals surface area contributed by atoms with Crippen LogP contribution in [0.5, 0.6) is 0 Å². The second-order valence-corrected chi connectivity index (χ2v) is 9.28. The molecule has 0 bridgehead atoms. The Morgan fingerprint density at radius 3 is 3.00 bits per heavy atom. The number of hydrogen-bond donors (Lipinski definition) is 2. The van der Waals surface area contributed by atoms with Gasteiger partial charge in [-0.3, -0.25) is 14.7 Å². The van der Waals surface area contributed by atoms with Gasteiger partial charge in [0.25, 0.3) is 0 Å². The lowest BCUT2D eigenvalue weighted by Gasteiger charge is -2.26. The van der Waals surface area contributed by atoms with Gasteiger partial charge in [-0.05, 0) is 41.8 Å². The maximum atomic E-state index is 13.4. The first-order valence-electron chi connectivity index (χ1n) is 11.8. The lowest BCUT2D eigenvalue weighted by atomic mass is 10.0. The zero-order valence-electron chi connectivity index (χ0n) is 19.2. The SMILES string of the molecule is CC1=NC2C=CC(n3ncc(C(=O)C4=Cc5ccc(CN6CCOCC6)cc5C4)c3N)=CC2N1. The highest BCUT2D eigenvalue weighted by Gasteiger charge is 2.28. The molecule has 8 nitrogen and oxygen atoms in total. The van der Waals surface area contributed by atoms with Crippen molar-refractivity contribution in [2.24, 2.45) is 4.99 Å². The van der Waals surface area contributed by atoms with E-state index in [1.54, 1.807) is 10.9 Å². The summed E-state index contributed by atoms with van der Waals surface area (Å²) in [5.74, 6) is 1.22. The molecule has 0 amide bonds. The number of nitrogens with two attached hydrogens (primary N) is 1. The molecule has 1 fully saturated rings. The summed E-state index contributed by atoms with van der Waals surface area (Å²) in [5.41, 5.74) is 12.0. The van der Waals surface area contributed by atoms with Crippen molar-refractivity contribution in [1.82, 2.24) is 20.0 Å². The van der Waals surface area contributed by atoms with Crippen LogP contribution in [0.3, 0.4) is 0 Å². The molecule has 6 rings (SSSR count). The molecule has 2 aliphatic heterocycles. The number of rotatable bonds is 5. The van der Waals surface area contributed by atoms with Crippen molar-refractivity contribution in [3.8, 4) is 0 Å². The number of benzene rings is 1. The molecule has 0 spiro atoms. The van der Waals surface area contributed by atoms with Crippen LogP contribution in [0.25, 0.3) is 11.8 Å². The van der Waals surface area contributed by atoms with Crippen LogP contribution in [0.2, 0.25) is 0 Å². The van der Waals surface area contributed by atoms with Gasteiger partial charge in [-0.15, -0.1) is 0 Å². The molecule has 0 radical (unpaired) electrons. The van der Waals surface area contributed by atoms with Crippen LogP contribution in [-0.4, -0.2) is 64.7 Å². The lowest BCUT2D eigenvalue weighted by molar-refractivity contribution is 0.0342. The number of aromatic nitrogens is 2. The third kappa shape index (κ3) is 3.78. The van der Waals surface area contributed by atoms with E-state index in [2.05, 4.69) is 44.6 Å². The van der Waals surface area contributed by atoms with E-state index in [1.807, 2.05) is 25.2 Å². The van der Waals surface area contributed by atoms with Gasteiger partial charge in [0, 0.05) is 31.6 Å². The zero-order chi connectivity index (χ0) is 23.2. The van der Waals surface area contributed by atoms with E-state index < -0.39 is 0 Å². The summed E-state index contributed by atoms with van der Waals surface area (Å²) in [4.78, 5) is 20.3. The van der Waals surface area contributed by atoms with E-state index in [1.165, 1.54) is 11.1 Å². The number of nitrogens with zero attached hydrogens (tertiary/aromatic N) is 4. The Bertz CT molecular complexity index is 1280. The Morgan fingerprint density at radius 2 is 2.15 bits per heavy atom. The Kier molecular flexibility index (Phi) is 5.19. The van der Waals surface area contributed by atoms with Crippen LogP contribution >= 0.6 is 0 Å². The summed E-state index contributed by atoms with van der Waals surface area (Å²) in [6.45, 7) is 6.35. The first kappa shape index (κ1) is 21.1. The maximum absolute atomic E-state index is 13.4. The molecule has 1 aromatic carbocycles. The van der Waals surface area contributed by atoms with Gasteiger partial charge in [-0.1, -0.05) is 24.3 Å². The molecule has 8 heteroatoms. The summed E-state index contributed by atoms with van der Waals surface area (Å²) < 4.78 is 7.08. The Morgan fingerprint density at radius 1 is 1.29 bits per heavy atom. The van der Waals surface area contributed by atoms with Crippen LogP contribution in [0.15, 0.2) is 53.2 Å². The predicted octanol–water partition coefficient (Wildman–Crippen LogP) is 2.29. The first-order valence-corrected chi connectivity index (χ1v) is 11.8. The highest BCUT2D eigenvalue weighted by atomic mass is 16.5. The number of anilines is 1. The van der Waals surface area contributed by atoms with Crippen LogP contribution in [-0.2, 0) is 17.7 Å². The minimum atomic E-state index is -0.0638. The van der Waals surface area contributed by atoms with Gasteiger partial charge in [-0.2, -0.15) is 5.10 Å². The molecular weight excluding hydrogens is 428 g/mol. The van der Waals surface area contributed by atoms with Crippen molar-refractivity contribution in [2.75, 3.05) is 32.0 Å². The fraction of sp³-hybridized carbons (Fsp3) is 0.346. The van der Waals surface area contributed by atoms with E-state index >= 15 is 0 Å². The van der Waals surface area contributed by atoms with E-state index in [-0.39, 0.29) is 17.9 Å². The molecule has 174 valence electrons. The average Bonchev–Trinajstić information content (AvgIpc) is 3.54. The number of nitrogen functional groups attached to an aromatic ring is 1. The predicted molar refractivity (Wildman–Crippen MR) is 132 cm³/mol. The highest BCUT2D eigenvalue weighted by Crippen LogP contribution is 2.31. The molecule has 2 aliphatic carbocycles. The summed E-state index contributed by atoms with van der Waals surface area (Å²) >= 11 is 0. The summed E-state index contributed by atoms with van der Waals surface area (Å²) in [6, 6.07) is 6.67. The van der Waals surface area contributed by atoms with Gasteiger partial charge >= 0.3 is 0 Å². The van der Waals surface area contributed by atoms with Gasteiger partial charge in [-0.25, -0.2) is 4.68 Å². The van der Waals surface area contributed by atoms with Gasteiger partial charge < -0.3 is 15.8 Å². The summed E-state index contributed by atoms with van der Waals surface area (Å²) in [7, 11) is 0. The number of fused-ring (bicyclic) bond motifs is 2. The number of morpholine rings is 1. The van der Waals surface area contributed by atoms with Crippen molar-refractivity contribution < 1.29 is 9.53 Å². The van der Waals surface area contributed by atoms with Gasteiger partial charge in [0.15, 0.2) is 5.78 Å². The molecule has 1 saturated heterocycles. The van der Waals surface area contributed by atoms with Crippen LogP contribution in [0, 0.1) is 0 Å². The van der Waals surface area contributed by atoms with E-state index in [4.69, 9.17) is 10.5 Å². The number of carbonyl (C=O) groups excluding carboxylic acids is 1. The van der Waals surface area contributed by atoms with Crippen LogP contribution in [0.1, 0.15) is 34.0 Å². The fourth-order valence-electron chi connectivity index (χ4n) is 5.12. The number of ketones is 1. The highest BCUT2D eigenvalue weighted by molar-refractivity contribution is 6.15. The topological polar surface area (TPSA) is 97.8 Å². The number of allylic oxidation sites excluding steroid dienone is 3. The van der Waals surface area contributed by atoms with Crippen molar-refractivity contribution in [3.63, 3.8) is 0 Å². The number of hydrogen-bond acceptors (Lipinski definition) is 7. The van der Waals surface area contributed by atoms with Gasteiger partial charge in [0.05, 0.1) is 48.6 Å². The van der Waals surface area contributed by atoms with Crippen LogP contribution < -0.4 is 11.1 Å². The molecule has 1 aromatic heterocycles. The Labute approximate surface area is 198 Å². The van der Waals surface area contributed by atoms with Crippen molar-refractivity contribution >= 4 is 29.2 Å². The van der Waals surface area contributed by atoms with Gasteiger partial charge in [0.1, 0.15) is 5.82 Å². The Balaban J connectivity index is 1.18. The normalized spacial score (nSPS) is 23.6.